The largest absolute Gasteiger partial charge is 0.445 e. The summed E-state index contributed by atoms with van der Waals surface area (Å²) in [5, 5.41) is 11.5. The molecule has 2 heterocycles. The normalized spacial score (nSPS) is 23.5. The smallest absolute Gasteiger partial charge is 0.416 e. The number of nitrogens with zero attached hydrogens (tertiary/aromatic N) is 2. The number of piperidine rings is 1. The summed E-state index contributed by atoms with van der Waals surface area (Å²) >= 11 is 0. The van der Waals surface area contributed by atoms with Crippen molar-refractivity contribution in [1.29, 1.82) is 0 Å². The number of fused-ring (bicyclic) bond motifs is 2. The second kappa shape index (κ2) is 9.23. The lowest BCUT2D eigenvalue weighted by Crippen LogP contribution is -2.58. The van der Waals surface area contributed by atoms with E-state index < -0.39 is 26.7 Å². The van der Waals surface area contributed by atoms with Crippen molar-refractivity contribution in [3.63, 3.8) is 0 Å². The molecule has 3 rings (SSSR count). The number of benzene rings is 1. The van der Waals surface area contributed by atoms with Gasteiger partial charge >= 0.3 is 6.09 Å². The van der Waals surface area contributed by atoms with Crippen LogP contribution in [0.1, 0.15) is 55.1 Å². The van der Waals surface area contributed by atoms with Gasteiger partial charge in [-0.1, -0.05) is 33.4 Å². The Labute approximate surface area is 198 Å². The van der Waals surface area contributed by atoms with Gasteiger partial charge in [-0.05, 0) is 68.1 Å². The predicted molar refractivity (Wildman–Crippen MR) is 132 cm³/mol. The zero-order valence-corrected chi connectivity index (χ0v) is 22.0. The van der Waals surface area contributed by atoms with Crippen molar-refractivity contribution in [2.45, 2.75) is 84.0 Å². The van der Waals surface area contributed by atoms with Crippen LogP contribution in [-0.2, 0) is 9.16 Å². The van der Waals surface area contributed by atoms with Crippen LogP contribution in [0.5, 0.6) is 0 Å². The Morgan fingerprint density at radius 3 is 2.52 bits per heavy atom. The summed E-state index contributed by atoms with van der Waals surface area (Å²) in [5.74, 6) is -0.179. The third kappa shape index (κ3) is 4.88. The Morgan fingerprint density at radius 1 is 1.27 bits per heavy atom. The fourth-order valence-electron chi connectivity index (χ4n) is 4.25. The molecule has 7 nitrogen and oxygen atoms in total. The molecule has 2 aliphatic rings. The van der Waals surface area contributed by atoms with Gasteiger partial charge in [-0.25, -0.2) is 9.69 Å². The zero-order valence-electron chi connectivity index (χ0n) is 21.0. The number of rotatable bonds is 4. The fourth-order valence-corrected chi connectivity index (χ4v) is 5.65. The van der Waals surface area contributed by atoms with E-state index in [9.17, 15) is 14.7 Å². The highest BCUT2D eigenvalue weighted by atomic mass is 28.4. The van der Waals surface area contributed by atoms with Crippen molar-refractivity contribution in [1.82, 2.24) is 4.90 Å². The molecule has 8 heteroatoms. The van der Waals surface area contributed by atoms with Crippen molar-refractivity contribution in [2.24, 2.45) is 0 Å². The maximum Gasteiger partial charge on any atom is 0.416 e. The lowest BCUT2D eigenvalue weighted by Gasteiger charge is -2.45. The summed E-state index contributed by atoms with van der Waals surface area (Å²) < 4.78 is 11.9. The van der Waals surface area contributed by atoms with Crippen molar-refractivity contribution >= 4 is 26.0 Å². The van der Waals surface area contributed by atoms with Gasteiger partial charge in [-0.3, -0.25) is 4.79 Å². The Balaban J connectivity index is 2.00. The number of anilines is 1. The molecule has 2 aliphatic heterocycles. The summed E-state index contributed by atoms with van der Waals surface area (Å²) in [6.45, 7) is 18.9. The minimum absolute atomic E-state index is 0.0155. The molecule has 0 spiro atoms. The molecular weight excluding hydrogens is 436 g/mol. The van der Waals surface area contributed by atoms with E-state index in [1.165, 1.54) is 11.0 Å². The lowest BCUT2D eigenvalue weighted by molar-refractivity contribution is -0.00772. The van der Waals surface area contributed by atoms with Crippen molar-refractivity contribution in [3.05, 3.63) is 41.5 Å². The van der Waals surface area contributed by atoms with Crippen LogP contribution in [0, 0.1) is 13.8 Å². The predicted octanol–water partition coefficient (Wildman–Crippen LogP) is 4.76. The summed E-state index contributed by atoms with van der Waals surface area (Å²) in [7, 11) is -2.04. The number of hydrogen-bond acceptors (Lipinski definition) is 5. The molecule has 0 aromatic heterocycles. The number of hydrogen-bond donors (Lipinski definition) is 1. The zero-order chi connectivity index (χ0) is 24.7. The van der Waals surface area contributed by atoms with E-state index >= 15 is 0 Å². The van der Waals surface area contributed by atoms with E-state index in [0.29, 0.717) is 30.6 Å². The number of aliphatic hydroxyl groups is 1. The van der Waals surface area contributed by atoms with Gasteiger partial charge in [0, 0.05) is 12.6 Å². The molecule has 3 atom stereocenters. The number of carbonyl (C=O) groups excluding carboxylic acids is 2. The lowest BCUT2D eigenvalue weighted by atomic mass is 9.97. The van der Waals surface area contributed by atoms with E-state index in [4.69, 9.17) is 9.16 Å². The Kier molecular flexibility index (Phi) is 7.12. The Hall–Kier alpha value is -2.16. The molecule has 1 N–H and O–H groups in total. The van der Waals surface area contributed by atoms with E-state index in [1.54, 1.807) is 17.0 Å². The summed E-state index contributed by atoms with van der Waals surface area (Å²) in [6.07, 6.45) is 0.587. The standard InChI is InChI=1S/C25H38N2O5Si/c1-9-12-31-24(30)27-20-14-17(3)16(2)13-19(20)22(28)26-11-10-18(15-21(26)23(27)29)32-33(7,8)25(4,5)6/h9,13-14,18,21,23,29H,1,10-12,15H2,2-8H3/t18-,21+,23?/m1/s1. The van der Waals surface area contributed by atoms with Gasteiger partial charge in [0.1, 0.15) is 6.61 Å². The van der Waals surface area contributed by atoms with Crippen LogP contribution in [0.3, 0.4) is 0 Å². The molecule has 1 unspecified atom stereocenters. The SMILES string of the molecule is C=CCOC(=O)N1c2cc(C)c(C)cc2C(=O)N2CC[C@@H](O[Si](C)(C)C(C)(C)C)C[C@H]2C1O. The minimum Gasteiger partial charge on any atom is -0.445 e. The average Bonchev–Trinajstić information content (AvgIpc) is 2.80. The van der Waals surface area contributed by atoms with Crippen LogP contribution in [0.4, 0.5) is 10.5 Å². The molecule has 2 amide bonds. The number of amides is 2. The number of ether oxygens (including phenoxy) is 1. The van der Waals surface area contributed by atoms with Crippen LogP contribution in [0.25, 0.3) is 0 Å². The first kappa shape index (κ1) is 25.5. The van der Waals surface area contributed by atoms with Crippen molar-refractivity contribution < 1.29 is 23.9 Å². The van der Waals surface area contributed by atoms with Crippen molar-refractivity contribution in [3.8, 4) is 0 Å². The van der Waals surface area contributed by atoms with Gasteiger partial charge in [0.2, 0.25) is 0 Å². The molecule has 0 radical (unpaired) electrons. The molecule has 1 aromatic carbocycles. The molecule has 1 aromatic rings. The van der Waals surface area contributed by atoms with E-state index in [0.717, 1.165) is 11.1 Å². The van der Waals surface area contributed by atoms with Crippen LogP contribution in [-0.4, -0.2) is 61.8 Å². The molecule has 1 saturated heterocycles. The van der Waals surface area contributed by atoms with Gasteiger partial charge in [-0.2, -0.15) is 0 Å². The van der Waals surface area contributed by atoms with E-state index in [2.05, 4.69) is 40.4 Å². The number of aryl methyl sites for hydroxylation is 2. The third-order valence-corrected chi connectivity index (χ3v) is 11.9. The summed E-state index contributed by atoms with van der Waals surface area (Å²) in [5.41, 5.74) is 2.65. The molecule has 33 heavy (non-hydrogen) atoms. The second-order valence-corrected chi connectivity index (χ2v) is 15.4. The highest BCUT2D eigenvalue weighted by molar-refractivity contribution is 6.74. The maximum atomic E-state index is 13.6. The van der Waals surface area contributed by atoms with Gasteiger partial charge in [0.25, 0.3) is 5.91 Å². The number of aliphatic hydroxyl groups excluding tert-OH is 1. The first-order valence-corrected chi connectivity index (χ1v) is 14.5. The molecule has 1 fully saturated rings. The summed E-state index contributed by atoms with van der Waals surface area (Å²) in [4.78, 5) is 29.6. The van der Waals surface area contributed by atoms with Gasteiger partial charge in [0.15, 0.2) is 14.5 Å². The quantitative estimate of drug-likeness (QED) is 0.503. The second-order valence-electron chi connectivity index (χ2n) is 10.7. The first-order chi connectivity index (χ1) is 15.3. The highest BCUT2D eigenvalue weighted by Gasteiger charge is 2.47. The van der Waals surface area contributed by atoms with Crippen LogP contribution >= 0.6 is 0 Å². The Morgan fingerprint density at radius 2 is 1.91 bits per heavy atom. The first-order valence-electron chi connectivity index (χ1n) is 11.6. The third-order valence-electron chi connectivity index (χ3n) is 7.36. The van der Waals surface area contributed by atoms with E-state index in [-0.39, 0.29) is 23.7 Å². The van der Waals surface area contributed by atoms with Gasteiger partial charge in [0.05, 0.1) is 17.3 Å². The monoisotopic (exact) mass is 474 g/mol. The molecule has 0 bridgehead atoms. The van der Waals surface area contributed by atoms with Crippen LogP contribution < -0.4 is 4.90 Å². The average molecular weight is 475 g/mol. The number of carbonyl (C=O) groups is 2. The fraction of sp³-hybridized carbons (Fsp3) is 0.600. The maximum absolute atomic E-state index is 13.6. The minimum atomic E-state index is -2.04. The highest BCUT2D eigenvalue weighted by Crippen LogP contribution is 2.41. The van der Waals surface area contributed by atoms with Crippen LogP contribution in [0.2, 0.25) is 18.1 Å². The van der Waals surface area contributed by atoms with Gasteiger partial charge in [-0.15, -0.1) is 0 Å². The molecule has 0 aliphatic carbocycles. The van der Waals surface area contributed by atoms with Crippen LogP contribution in [0.15, 0.2) is 24.8 Å². The van der Waals surface area contributed by atoms with Gasteiger partial charge < -0.3 is 19.2 Å². The molecule has 0 saturated carbocycles. The molecular formula is C25H38N2O5Si. The molecule has 182 valence electrons. The summed E-state index contributed by atoms with van der Waals surface area (Å²) in [6, 6.07) is 2.99. The van der Waals surface area contributed by atoms with Crippen molar-refractivity contribution in [2.75, 3.05) is 18.1 Å². The van der Waals surface area contributed by atoms with E-state index in [1.807, 2.05) is 13.8 Å². The Bertz CT molecular complexity index is 939. The topological polar surface area (TPSA) is 79.3 Å².